The predicted molar refractivity (Wildman–Crippen MR) is 74.1 cm³/mol. The van der Waals surface area contributed by atoms with Gasteiger partial charge in [-0.15, -0.1) is 0 Å². The van der Waals surface area contributed by atoms with Crippen molar-refractivity contribution in [3.63, 3.8) is 0 Å². The predicted octanol–water partition coefficient (Wildman–Crippen LogP) is 3.42. The molecular formula is C15H18N2. The maximum Gasteiger partial charge on any atom is 0.0632 e. The van der Waals surface area contributed by atoms with E-state index in [4.69, 9.17) is 11.1 Å². The highest BCUT2D eigenvalue weighted by Crippen LogP contribution is 2.08. The zero-order valence-corrected chi connectivity index (χ0v) is 10.3. The minimum atomic E-state index is 0.423. The van der Waals surface area contributed by atoms with Crippen molar-refractivity contribution in [3.05, 3.63) is 71.5 Å². The van der Waals surface area contributed by atoms with E-state index in [1.807, 2.05) is 62.4 Å². The van der Waals surface area contributed by atoms with Crippen LogP contribution in [0, 0.1) is 5.41 Å². The topological polar surface area (TPSA) is 49.9 Å². The Kier molecular flexibility index (Phi) is 4.95. The van der Waals surface area contributed by atoms with E-state index in [1.165, 1.54) is 0 Å². The van der Waals surface area contributed by atoms with Gasteiger partial charge >= 0.3 is 0 Å². The molecule has 0 aromatic heterocycles. The summed E-state index contributed by atoms with van der Waals surface area (Å²) in [4.78, 5) is 0. The Balaban J connectivity index is 2.93. The molecule has 0 saturated carbocycles. The summed E-state index contributed by atoms with van der Waals surface area (Å²) in [6.07, 6.45) is 7.49. The van der Waals surface area contributed by atoms with Crippen LogP contribution in [-0.2, 0) is 0 Å². The van der Waals surface area contributed by atoms with Gasteiger partial charge in [-0.1, -0.05) is 48.6 Å². The molecule has 0 saturated heterocycles. The molecule has 0 aliphatic rings. The summed E-state index contributed by atoms with van der Waals surface area (Å²) in [6, 6.07) is 9.56. The van der Waals surface area contributed by atoms with E-state index in [9.17, 15) is 0 Å². The number of rotatable bonds is 4. The molecule has 3 N–H and O–H groups in total. The minimum Gasteiger partial charge on any atom is -0.398 e. The van der Waals surface area contributed by atoms with E-state index in [2.05, 4.69) is 0 Å². The Morgan fingerprint density at radius 2 is 1.82 bits per heavy atom. The normalized spacial score (nSPS) is 13.1. The molecule has 0 spiro atoms. The van der Waals surface area contributed by atoms with Crippen LogP contribution >= 0.6 is 0 Å². The smallest absolute Gasteiger partial charge is 0.0632 e. The third kappa shape index (κ3) is 3.76. The van der Waals surface area contributed by atoms with Crippen LogP contribution in [0.4, 0.5) is 0 Å². The molecule has 0 unspecified atom stereocenters. The highest BCUT2D eigenvalue weighted by molar-refractivity contribution is 6.07. The fourth-order valence-corrected chi connectivity index (χ4v) is 1.48. The molecule has 17 heavy (non-hydrogen) atoms. The van der Waals surface area contributed by atoms with E-state index in [1.54, 1.807) is 6.08 Å². The second-order valence-electron chi connectivity index (χ2n) is 3.62. The molecule has 1 aromatic carbocycles. The quantitative estimate of drug-likeness (QED) is 0.600. The molecule has 0 aliphatic carbocycles. The molecular weight excluding hydrogens is 208 g/mol. The first-order valence-electron chi connectivity index (χ1n) is 5.59. The van der Waals surface area contributed by atoms with Gasteiger partial charge in [0, 0.05) is 5.70 Å². The Labute approximate surface area is 103 Å². The number of hydrogen-bond donors (Lipinski definition) is 2. The second-order valence-corrected chi connectivity index (χ2v) is 3.62. The SMILES string of the molecule is C\C=C/C(=C\C)C(/N)=C/C(=N)c1ccccc1. The molecule has 0 atom stereocenters. The lowest BCUT2D eigenvalue weighted by Gasteiger charge is -2.03. The maximum atomic E-state index is 7.95. The molecule has 2 nitrogen and oxygen atoms in total. The molecule has 0 fully saturated rings. The van der Waals surface area contributed by atoms with Gasteiger partial charge in [-0.25, -0.2) is 0 Å². The Morgan fingerprint density at radius 1 is 1.18 bits per heavy atom. The number of nitrogens with two attached hydrogens (primary N) is 1. The Bertz CT molecular complexity index is 465. The fraction of sp³-hybridized carbons (Fsp3) is 0.133. The average Bonchev–Trinajstić information content (AvgIpc) is 2.36. The molecule has 0 heterocycles. The van der Waals surface area contributed by atoms with Crippen molar-refractivity contribution in [2.75, 3.05) is 0 Å². The second kappa shape index (κ2) is 6.48. The summed E-state index contributed by atoms with van der Waals surface area (Å²) in [5.41, 5.74) is 8.79. The van der Waals surface area contributed by atoms with Gasteiger partial charge in [0.15, 0.2) is 0 Å². The summed E-state index contributed by atoms with van der Waals surface area (Å²) in [5.74, 6) is 0. The van der Waals surface area contributed by atoms with E-state index in [0.717, 1.165) is 11.1 Å². The number of hydrogen-bond acceptors (Lipinski definition) is 2. The summed E-state index contributed by atoms with van der Waals surface area (Å²) in [6.45, 7) is 3.88. The summed E-state index contributed by atoms with van der Waals surface area (Å²) < 4.78 is 0. The van der Waals surface area contributed by atoms with Crippen molar-refractivity contribution < 1.29 is 0 Å². The lowest BCUT2D eigenvalue weighted by Crippen LogP contribution is -2.04. The van der Waals surface area contributed by atoms with Gasteiger partial charge in [0.05, 0.1) is 5.71 Å². The maximum absolute atomic E-state index is 7.95. The van der Waals surface area contributed by atoms with Crippen LogP contribution in [0.1, 0.15) is 19.4 Å². The van der Waals surface area contributed by atoms with Gasteiger partial charge in [0.2, 0.25) is 0 Å². The Morgan fingerprint density at radius 3 is 2.35 bits per heavy atom. The highest BCUT2D eigenvalue weighted by Gasteiger charge is 2.00. The van der Waals surface area contributed by atoms with Gasteiger partial charge in [0.1, 0.15) is 0 Å². The summed E-state index contributed by atoms with van der Waals surface area (Å²) in [7, 11) is 0. The molecule has 88 valence electrons. The fourth-order valence-electron chi connectivity index (χ4n) is 1.48. The molecule has 0 aliphatic heterocycles. The van der Waals surface area contributed by atoms with Crippen LogP contribution in [0.15, 0.2) is 65.9 Å². The van der Waals surface area contributed by atoms with Crippen LogP contribution in [0.5, 0.6) is 0 Å². The lowest BCUT2D eigenvalue weighted by molar-refractivity contribution is 1.33. The third-order valence-corrected chi connectivity index (χ3v) is 2.38. The first-order chi connectivity index (χ1) is 8.19. The first kappa shape index (κ1) is 13.0. The van der Waals surface area contributed by atoms with Crippen LogP contribution in [0.3, 0.4) is 0 Å². The number of nitrogens with one attached hydrogen (secondary N) is 1. The first-order valence-corrected chi connectivity index (χ1v) is 5.59. The largest absolute Gasteiger partial charge is 0.398 e. The van der Waals surface area contributed by atoms with E-state index in [0.29, 0.717) is 11.4 Å². The number of allylic oxidation sites excluding steroid dienone is 4. The van der Waals surface area contributed by atoms with E-state index in [-0.39, 0.29) is 0 Å². The zero-order chi connectivity index (χ0) is 12.7. The molecule has 1 aromatic rings. The van der Waals surface area contributed by atoms with Crippen LogP contribution in [0.25, 0.3) is 0 Å². The van der Waals surface area contributed by atoms with Crippen molar-refractivity contribution in [2.24, 2.45) is 5.73 Å². The van der Waals surface area contributed by atoms with Gasteiger partial charge < -0.3 is 11.1 Å². The molecule has 2 heteroatoms. The minimum absolute atomic E-state index is 0.423. The highest BCUT2D eigenvalue weighted by atomic mass is 14.6. The molecule has 0 amide bonds. The van der Waals surface area contributed by atoms with Gasteiger partial charge in [-0.2, -0.15) is 0 Å². The summed E-state index contributed by atoms with van der Waals surface area (Å²) in [5, 5.41) is 7.95. The van der Waals surface area contributed by atoms with Crippen LogP contribution in [-0.4, -0.2) is 5.71 Å². The van der Waals surface area contributed by atoms with Crippen molar-refractivity contribution in [2.45, 2.75) is 13.8 Å². The monoisotopic (exact) mass is 226 g/mol. The van der Waals surface area contributed by atoms with Gasteiger partial charge in [0.25, 0.3) is 0 Å². The zero-order valence-electron chi connectivity index (χ0n) is 10.3. The lowest BCUT2D eigenvalue weighted by atomic mass is 10.1. The number of benzene rings is 1. The van der Waals surface area contributed by atoms with Crippen molar-refractivity contribution in [3.8, 4) is 0 Å². The average molecular weight is 226 g/mol. The molecule has 0 radical (unpaired) electrons. The van der Waals surface area contributed by atoms with Crippen molar-refractivity contribution in [1.82, 2.24) is 0 Å². The molecule has 1 rings (SSSR count). The molecule has 0 bridgehead atoms. The van der Waals surface area contributed by atoms with Gasteiger partial charge in [-0.05, 0) is 31.1 Å². The van der Waals surface area contributed by atoms with Crippen LogP contribution in [0.2, 0.25) is 0 Å². The van der Waals surface area contributed by atoms with Crippen LogP contribution < -0.4 is 5.73 Å². The van der Waals surface area contributed by atoms with Crippen molar-refractivity contribution >= 4 is 5.71 Å². The van der Waals surface area contributed by atoms with E-state index >= 15 is 0 Å². The van der Waals surface area contributed by atoms with E-state index < -0.39 is 0 Å². The summed E-state index contributed by atoms with van der Waals surface area (Å²) >= 11 is 0. The van der Waals surface area contributed by atoms with Gasteiger partial charge in [-0.3, -0.25) is 0 Å². The van der Waals surface area contributed by atoms with Crippen molar-refractivity contribution in [1.29, 1.82) is 5.41 Å². The standard InChI is InChI=1S/C15H18N2/c1-3-8-12(4-2)14(16)11-15(17)13-9-6-5-7-10-13/h3-11,17H,16H2,1-2H3/b8-3-,12-4+,14-11-,17-15?. The Hall–Kier alpha value is -2.09. The third-order valence-electron chi connectivity index (χ3n) is 2.38.